The molecule has 0 amide bonds. The standard InChI is InChI=1S/C24H31N3O3S2/c1-16(2)17-10-12-19(13-11-17)32(29,30)25-20-14-21-22(27(4)24(28)26(21)3)15-23(20)31-18-8-6-5-7-9-18/h10-16,18,25H,5-9H2,1-4H3. The van der Waals surface area contributed by atoms with Gasteiger partial charge in [-0.15, -0.1) is 11.8 Å². The molecule has 1 aliphatic carbocycles. The summed E-state index contributed by atoms with van der Waals surface area (Å²) in [6.45, 7) is 4.16. The molecule has 0 spiro atoms. The monoisotopic (exact) mass is 473 g/mol. The molecule has 2 aromatic carbocycles. The number of fused-ring (bicyclic) bond motifs is 1. The molecule has 1 saturated carbocycles. The number of nitrogens with zero attached hydrogens (tertiary/aromatic N) is 2. The molecular weight excluding hydrogens is 442 g/mol. The van der Waals surface area contributed by atoms with Gasteiger partial charge in [-0.2, -0.15) is 0 Å². The van der Waals surface area contributed by atoms with E-state index in [0.717, 1.165) is 28.8 Å². The van der Waals surface area contributed by atoms with E-state index in [1.807, 2.05) is 18.2 Å². The maximum Gasteiger partial charge on any atom is 0.328 e. The number of hydrogen-bond donors (Lipinski definition) is 1. The van der Waals surface area contributed by atoms with Crippen LogP contribution in [-0.2, 0) is 24.1 Å². The maximum atomic E-state index is 13.2. The summed E-state index contributed by atoms with van der Waals surface area (Å²) in [5.74, 6) is 0.333. The Kier molecular flexibility index (Phi) is 6.45. The average molecular weight is 474 g/mol. The Morgan fingerprint density at radius 2 is 1.56 bits per heavy atom. The quantitative estimate of drug-likeness (QED) is 0.532. The third kappa shape index (κ3) is 4.48. The highest BCUT2D eigenvalue weighted by Crippen LogP contribution is 2.39. The molecule has 4 rings (SSSR count). The zero-order valence-electron chi connectivity index (χ0n) is 19.1. The maximum absolute atomic E-state index is 13.2. The van der Waals surface area contributed by atoms with E-state index in [9.17, 15) is 13.2 Å². The summed E-state index contributed by atoms with van der Waals surface area (Å²) in [4.78, 5) is 13.6. The van der Waals surface area contributed by atoms with Crippen LogP contribution in [0.25, 0.3) is 11.0 Å². The Morgan fingerprint density at radius 3 is 2.16 bits per heavy atom. The SMILES string of the molecule is CC(C)c1ccc(S(=O)(=O)Nc2cc3c(cc2SC2CCCCC2)n(C)c(=O)n3C)cc1. The largest absolute Gasteiger partial charge is 0.328 e. The second-order valence-electron chi connectivity index (χ2n) is 8.94. The lowest BCUT2D eigenvalue weighted by Crippen LogP contribution is -2.19. The molecule has 0 bridgehead atoms. The molecule has 1 aromatic heterocycles. The zero-order valence-corrected chi connectivity index (χ0v) is 20.7. The number of sulfonamides is 1. The van der Waals surface area contributed by atoms with E-state index < -0.39 is 10.0 Å². The Morgan fingerprint density at radius 1 is 0.969 bits per heavy atom. The molecule has 0 radical (unpaired) electrons. The van der Waals surface area contributed by atoms with E-state index in [-0.39, 0.29) is 10.6 Å². The van der Waals surface area contributed by atoms with Gasteiger partial charge in [0, 0.05) is 24.2 Å². The van der Waals surface area contributed by atoms with Gasteiger partial charge in [0.05, 0.1) is 21.6 Å². The van der Waals surface area contributed by atoms with Crippen LogP contribution in [0.15, 0.2) is 51.0 Å². The number of nitrogens with one attached hydrogen (secondary N) is 1. The van der Waals surface area contributed by atoms with Crippen molar-refractivity contribution in [3.8, 4) is 0 Å². The number of rotatable bonds is 6. The number of imidazole rings is 1. The molecule has 172 valence electrons. The van der Waals surface area contributed by atoms with Gasteiger partial charge in [0.2, 0.25) is 0 Å². The summed E-state index contributed by atoms with van der Waals surface area (Å²) in [6, 6.07) is 10.8. The number of thioether (sulfide) groups is 1. The van der Waals surface area contributed by atoms with Crippen LogP contribution in [-0.4, -0.2) is 22.8 Å². The van der Waals surface area contributed by atoms with E-state index in [1.165, 1.54) is 19.3 Å². The number of aromatic nitrogens is 2. The molecule has 1 N–H and O–H groups in total. The van der Waals surface area contributed by atoms with Gasteiger partial charge in [-0.05, 0) is 48.6 Å². The minimum absolute atomic E-state index is 0.127. The Balaban J connectivity index is 1.75. The Hall–Kier alpha value is -2.19. The first kappa shape index (κ1) is 23.0. The fraction of sp³-hybridized carbons (Fsp3) is 0.458. The lowest BCUT2D eigenvalue weighted by molar-refractivity contribution is 0.516. The number of anilines is 1. The summed E-state index contributed by atoms with van der Waals surface area (Å²) in [6.07, 6.45) is 5.91. The van der Waals surface area contributed by atoms with E-state index in [0.29, 0.717) is 22.4 Å². The van der Waals surface area contributed by atoms with Gasteiger partial charge < -0.3 is 0 Å². The normalized spacial score (nSPS) is 15.5. The predicted molar refractivity (Wildman–Crippen MR) is 132 cm³/mol. The molecule has 0 saturated heterocycles. The highest BCUT2D eigenvalue weighted by molar-refractivity contribution is 8.00. The molecular formula is C24H31N3O3S2. The van der Waals surface area contributed by atoms with Crippen LogP contribution in [0.2, 0.25) is 0 Å². The van der Waals surface area contributed by atoms with Gasteiger partial charge in [-0.1, -0.05) is 45.2 Å². The molecule has 0 unspecified atom stereocenters. The van der Waals surface area contributed by atoms with Crippen molar-refractivity contribution in [1.29, 1.82) is 0 Å². The molecule has 3 aromatic rings. The smallest absolute Gasteiger partial charge is 0.295 e. The highest BCUT2D eigenvalue weighted by Gasteiger charge is 2.22. The van der Waals surface area contributed by atoms with E-state index in [4.69, 9.17) is 0 Å². The molecule has 1 heterocycles. The molecule has 1 aliphatic rings. The fourth-order valence-corrected chi connectivity index (χ4v) is 6.78. The second kappa shape index (κ2) is 8.98. The summed E-state index contributed by atoms with van der Waals surface area (Å²) in [5, 5.41) is 0.454. The zero-order chi connectivity index (χ0) is 23.0. The van der Waals surface area contributed by atoms with Crippen LogP contribution in [0, 0.1) is 0 Å². The van der Waals surface area contributed by atoms with E-state index in [1.54, 1.807) is 53.2 Å². The van der Waals surface area contributed by atoms with Gasteiger partial charge in [0.25, 0.3) is 10.0 Å². The van der Waals surface area contributed by atoms with Gasteiger partial charge in [0.15, 0.2) is 0 Å². The third-order valence-electron chi connectivity index (χ3n) is 6.32. The number of aryl methyl sites for hydroxylation is 2. The van der Waals surface area contributed by atoms with Crippen molar-refractivity contribution >= 4 is 38.5 Å². The van der Waals surface area contributed by atoms with Crippen molar-refractivity contribution in [2.75, 3.05) is 4.72 Å². The summed E-state index contributed by atoms with van der Waals surface area (Å²) in [7, 11) is -0.302. The van der Waals surface area contributed by atoms with E-state index >= 15 is 0 Å². The van der Waals surface area contributed by atoms with E-state index in [2.05, 4.69) is 18.6 Å². The first-order valence-electron chi connectivity index (χ1n) is 11.2. The van der Waals surface area contributed by atoms with Crippen LogP contribution < -0.4 is 10.4 Å². The van der Waals surface area contributed by atoms with Crippen molar-refractivity contribution in [3.05, 3.63) is 52.4 Å². The highest BCUT2D eigenvalue weighted by atomic mass is 32.2. The third-order valence-corrected chi connectivity index (χ3v) is 9.10. The van der Waals surface area contributed by atoms with Crippen molar-refractivity contribution in [3.63, 3.8) is 0 Å². The summed E-state index contributed by atoms with van der Waals surface area (Å²) >= 11 is 1.72. The molecule has 0 atom stereocenters. The van der Waals surface area contributed by atoms with Crippen molar-refractivity contribution < 1.29 is 8.42 Å². The lowest BCUT2D eigenvalue weighted by Gasteiger charge is -2.22. The number of hydrogen-bond acceptors (Lipinski definition) is 4. The van der Waals surface area contributed by atoms with Crippen LogP contribution in [0.5, 0.6) is 0 Å². The second-order valence-corrected chi connectivity index (χ2v) is 12.0. The molecule has 6 nitrogen and oxygen atoms in total. The average Bonchev–Trinajstić information content (AvgIpc) is 2.98. The summed E-state index contributed by atoms with van der Waals surface area (Å²) in [5.41, 5.74) is 3.01. The predicted octanol–water partition coefficient (Wildman–Crippen LogP) is 5.23. The van der Waals surface area contributed by atoms with Gasteiger partial charge >= 0.3 is 5.69 Å². The first-order valence-corrected chi connectivity index (χ1v) is 13.5. The Bertz CT molecular complexity index is 1280. The van der Waals surface area contributed by atoms with Gasteiger partial charge in [-0.3, -0.25) is 13.9 Å². The minimum Gasteiger partial charge on any atom is -0.295 e. The lowest BCUT2D eigenvalue weighted by atomic mass is 10.0. The van der Waals surface area contributed by atoms with Gasteiger partial charge in [0.1, 0.15) is 0 Å². The molecule has 1 fully saturated rings. The van der Waals surface area contributed by atoms with Crippen LogP contribution in [0.3, 0.4) is 0 Å². The van der Waals surface area contributed by atoms with Crippen molar-refractivity contribution in [2.24, 2.45) is 14.1 Å². The topological polar surface area (TPSA) is 73.1 Å². The van der Waals surface area contributed by atoms with Gasteiger partial charge in [-0.25, -0.2) is 13.2 Å². The molecule has 8 heteroatoms. The van der Waals surface area contributed by atoms with Crippen molar-refractivity contribution in [2.45, 2.75) is 66.9 Å². The van der Waals surface area contributed by atoms with Crippen LogP contribution >= 0.6 is 11.8 Å². The van der Waals surface area contributed by atoms with Crippen LogP contribution in [0.4, 0.5) is 5.69 Å². The summed E-state index contributed by atoms with van der Waals surface area (Å²) < 4.78 is 32.4. The molecule has 0 aliphatic heterocycles. The fourth-order valence-electron chi connectivity index (χ4n) is 4.30. The van der Waals surface area contributed by atoms with Crippen molar-refractivity contribution in [1.82, 2.24) is 9.13 Å². The Labute approximate surface area is 194 Å². The number of benzene rings is 2. The molecule has 32 heavy (non-hydrogen) atoms. The minimum atomic E-state index is -3.76. The van der Waals surface area contributed by atoms with Crippen LogP contribution in [0.1, 0.15) is 57.4 Å². The first-order chi connectivity index (χ1) is 15.2.